The minimum Gasteiger partial charge on any atom is -0.778 e. The van der Waals surface area contributed by atoms with Crippen molar-refractivity contribution in [2.24, 2.45) is 0 Å². The number of nitrogens with zero attached hydrogens (tertiary/aromatic N) is 2. The van der Waals surface area contributed by atoms with E-state index < -0.39 is 5.97 Å². The predicted octanol–water partition coefficient (Wildman–Crippen LogP) is 7.44. The zero-order valence-corrected chi connectivity index (χ0v) is 25.9. The summed E-state index contributed by atoms with van der Waals surface area (Å²) in [7, 11) is 2.12. The van der Waals surface area contributed by atoms with Gasteiger partial charge in [-0.15, -0.1) is 0 Å². The van der Waals surface area contributed by atoms with E-state index in [9.17, 15) is 4.79 Å². The molecule has 0 radical (unpaired) electrons. The summed E-state index contributed by atoms with van der Waals surface area (Å²) in [5.41, 5.74) is 10.3. The third-order valence-corrected chi connectivity index (χ3v) is 9.68. The number of para-hydroxylation sites is 1. The highest BCUT2D eigenvalue weighted by Crippen LogP contribution is 2.50. The standard InChI is InChI=1S/C34H38N2O2S2/c1-21-15-16-27-25(18-21)34(4,5)29(36(27)17-11-7-8-14-30(37)38)20-23-31(39)22(32(23)40)19-28-33(2,3)24-12-9-10-13-26(24)35(28)6/h9-10,12-13,15-16,18-20H,7-8,11,14,17H2,1-6H3,(H-,37,38,39,40). The highest BCUT2D eigenvalue weighted by atomic mass is 32.1. The normalized spacial score (nSPS) is 20.9. The van der Waals surface area contributed by atoms with Crippen LogP contribution >= 0.6 is 12.2 Å². The van der Waals surface area contributed by atoms with Gasteiger partial charge in [0.15, 0.2) is 5.71 Å². The van der Waals surface area contributed by atoms with Gasteiger partial charge in [0, 0.05) is 52.3 Å². The smallest absolute Gasteiger partial charge is 0.303 e. The van der Waals surface area contributed by atoms with Crippen LogP contribution in [0.5, 0.6) is 0 Å². The van der Waals surface area contributed by atoms with Gasteiger partial charge in [0.25, 0.3) is 0 Å². The number of aryl methyl sites for hydroxylation is 1. The van der Waals surface area contributed by atoms with Crippen molar-refractivity contribution < 1.29 is 14.5 Å². The molecule has 4 nitrogen and oxygen atoms in total. The van der Waals surface area contributed by atoms with Crippen molar-refractivity contribution in [2.75, 3.05) is 18.5 Å². The fourth-order valence-corrected chi connectivity index (χ4v) is 7.21. The van der Waals surface area contributed by atoms with E-state index in [0.717, 1.165) is 40.3 Å². The zero-order valence-electron chi connectivity index (χ0n) is 24.3. The molecule has 2 heterocycles. The van der Waals surface area contributed by atoms with E-state index in [1.165, 1.54) is 39.5 Å². The average molecular weight is 571 g/mol. The second-order valence-electron chi connectivity index (χ2n) is 12.2. The first kappa shape index (κ1) is 28.4. The molecule has 3 aliphatic rings. The first-order valence-corrected chi connectivity index (χ1v) is 14.9. The van der Waals surface area contributed by atoms with Gasteiger partial charge in [0.2, 0.25) is 5.69 Å². The molecule has 0 amide bonds. The Balaban J connectivity index is 1.49. The van der Waals surface area contributed by atoms with Crippen molar-refractivity contribution in [3.63, 3.8) is 0 Å². The van der Waals surface area contributed by atoms with Gasteiger partial charge in [0.1, 0.15) is 7.05 Å². The minimum atomic E-state index is -0.731. The first-order valence-electron chi connectivity index (χ1n) is 14.1. The van der Waals surface area contributed by atoms with E-state index in [4.69, 9.17) is 30.0 Å². The fraction of sp³-hybridized carbons (Fsp3) is 0.382. The Morgan fingerprint density at radius 3 is 2.42 bits per heavy atom. The van der Waals surface area contributed by atoms with E-state index in [0.29, 0.717) is 6.42 Å². The van der Waals surface area contributed by atoms with Crippen molar-refractivity contribution in [3.8, 4) is 0 Å². The Bertz CT molecular complexity index is 1560. The number of allylic oxidation sites excluding steroid dienone is 5. The summed E-state index contributed by atoms with van der Waals surface area (Å²) in [6.45, 7) is 12.0. The van der Waals surface area contributed by atoms with Gasteiger partial charge < -0.3 is 22.6 Å². The van der Waals surface area contributed by atoms with E-state index in [1.54, 1.807) is 0 Å². The van der Waals surface area contributed by atoms with Crippen LogP contribution in [0.1, 0.15) is 70.1 Å². The molecule has 6 heteroatoms. The summed E-state index contributed by atoms with van der Waals surface area (Å²) in [6, 6.07) is 15.2. The van der Waals surface area contributed by atoms with Crippen molar-refractivity contribution in [2.45, 2.75) is 71.1 Å². The molecule has 2 aromatic rings. The molecule has 208 valence electrons. The molecular weight excluding hydrogens is 533 g/mol. The van der Waals surface area contributed by atoms with Crippen LogP contribution in [0.4, 0.5) is 11.4 Å². The summed E-state index contributed by atoms with van der Waals surface area (Å²) >= 11 is 12.0. The molecule has 1 aliphatic carbocycles. The topological polar surface area (TPSA) is 43.5 Å². The van der Waals surface area contributed by atoms with Gasteiger partial charge in [-0.1, -0.05) is 68.4 Å². The molecule has 0 spiro atoms. The number of carboxylic acid groups (broad SMARTS) is 1. The third kappa shape index (κ3) is 4.65. The van der Waals surface area contributed by atoms with Gasteiger partial charge in [-0.3, -0.25) is 4.79 Å². The van der Waals surface area contributed by atoms with E-state index >= 15 is 0 Å². The lowest BCUT2D eigenvalue weighted by Crippen LogP contribution is -2.31. The molecule has 0 saturated carbocycles. The van der Waals surface area contributed by atoms with Crippen molar-refractivity contribution in [1.29, 1.82) is 0 Å². The lowest BCUT2D eigenvalue weighted by molar-refractivity contribution is -0.401. The lowest BCUT2D eigenvalue weighted by Gasteiger charge is -2.35. The number of benzene rings is 2. The molecule has 0 bridgehead atoms. The average Bonchev–Trinajstić information content (AvgIpc) is 3.23. The molecule has 40 heavy (non-hydrogen) atoms. The molecule has 0 atom stereocenters. The highest BCUT2D eigenvalue weighted by molar-refractivity contribution is 7.82. The van der Waals surface area contributed by atoms with Crippen LogP contribution in [0.3, 0.4) is 0 Å². The predicted molar refractivity (Wildman–Crippen MR) is 171 cm³/mol. The number of hydrogen-bond acceptors (Lipinski definition) is 4. The molecule has 2 aliphatic heterocycles. The fourth-order valence-electron chi connectivity index (χ4n) is 6.44. The van der Waals surface area contributed by atoms with Crippen LogP contribution in [-0.2, 0) is 28.3 Å². The van der Waals surface area contributed by atoms with Crippen LogP contribution in [-0.4, -0.2) is 39.8 Å². The van der Waals surface area contributed by atoms with E-state index in [1.807, 2.05) is 0 Å². The zero-order chi connectivity index (χ0) is 29.0. The number of rotatable bonds is 8. The Morgan fingerprint density at radius 2 is 1.75 bits per heavy atom. The summed E-state index contributed by atoms with van der Waals surface area (Å²) < 4.78 is 2.26. The molecule has 5 rings (SSSR count). The summed E-state index contributed by atoms with van der Waals surface area (Å²) in [4.78, 5) is 15.0. The molecule has 2 aromatic carbocycles. The minimum absolute atomic E-state index is 0.137. The maximum absolute atomic E-state index is 11.0. The lowest BCUT2D eigenvalue weighted by atomic mass is 9.78. The second kappa shape index (κ2) is 10.4. The Morgan fingerprint density at radius 1 is 1.02 bits per heavy atom. The van der Waals surface area contributed by atoms with Crippen molar-refractivity contribution in [3.05, 3.63) is 93.1 Å². The van der Waals surface area contributed by atoms with Gasteiger partial charge in [-0.05, 0) is 62.5 Å². The van der Waals surface area contributed by atoms with E-state index in [-0.39, 0.29) is 17.3 Å². The van der Waals surface area contributed by atoms with Crippen molar-refractivity contribution >= 4 is 52.8 Å². The quantitative estimate of drug-likeness (QED) is 0.117. The first-order chi connectivity index (χ1) is 18.9. The van der Waals surface area contributed by atoms with Crippen LogP contribution < -0.4 is 4.90 Å². The number of thiocarbonyl (C=S) groups is 1. The number of carbonyl (C=O) groups is 1. The molecule has 0 unspecified atom stereocenters. The molecule has 0 fully saturated rings. The van der Waals surface area contributed by atoms with Crippen LogP contribution in [0.2, 0.25) is 0 Å². The Hall–Kier alpha value is -3.09. The Labute approximate surface area is 249 Å². The maximum Gasteiger partial charge on any atom is 0.303 e. The van der Waals surface area contributed by atoms with E-state index in [2.05, 4.69) is 106 Å². The molecule has 0 aromatic heterocycles. The number of carboxylic acids is 1. The number of aliphatic carboxylic acids is 1. The third-order valence-electron chi connectivity index (χ3n) is 8.80. The monoisotopic (exact) mass is 570 g/mol. The number of unbranched alkanes of at least 4 members (excludes halogenated alkanes) is 2. The van der Waals surface area contributed by atoms with Gasteiger partial charge in [0.05, 0.1) is 5.41 Å². The summed E-state index contributed by atoms with van der Waals surface area (Å²) in [5, 5.41) is 9.02. The van der Waals surface area contributed by atoms with Crippen molar-refractivity contribution in [1.82, 2.24) is 0 Å². The van der Waals surface area contributed by atoms with Crippen LogP contribution in [0.15, 0.2) is 76.4 Å². The largest absolute Gasteiger partial charge is 0.778 e. The summed E-state index contributed by atoms with van der Waals surface area (Å²) in [5.74, 6) is -0.731. The van der Waals surface area contributed by atoms with Gasteiger partial charge in [-0.25, -0.2) is 0 Å². The number of hydrogen-bond donors (Lipinski definition) is 1. The van der Waals surface area contributed by atoms with Gasteiger partial charge in [-0.2, -0.15) is 9.48 Å². The molecular formula is C34H38N2O2S2. The summed E-state index contributed by atoms with van der Waals surface area (Å²) in [6.07, 6.45) is 7.13. The molecule has 1 N–H and O–H groups in total. The maximum atomic E-state index is 11.0. The number of anilines is 1. The SMILES string of the molecule is Cc1ccc2c(c1)C(C)(C)C(=CC1=C([S-])C(=CC3=[N+](C)c4ccccc4C3(C)C)C1=S)N2CCCCCC(=O)O. The van der Waals surface area contributed by atoms with Gasteiger partial charge >= 0.3 is 5.97 Å². The van der Waals surface area contributed by atoms with Crippen LogP contribution in [0, 0.1) is 6.92 Å². The molecule has 0 saturated heterocycles. The highest BCUT2D eigenvalue weighted by Gasteiger charge is 2.44. The van der Waals surface area contributed by atoms with Crippen LogP contribution in [0.25, 0.3) is 0 Å². The second-order valence-corrected chi connectivity index (χ2v) is 13.1. The number of fused-ring (bicyclic) bond motifs is 2. The Kier molecular flexibility index (Phi) is 7.38.